The van der Waals surface area contributed by atoms with Crippen molar-refractivity contribution in [2.45, 2.75) is 19.4 Å². The second kappa shape index (κ2) is 3.09. The lowest BCUT2D eigenvalue weighted by Crippen LogP contribution is -2.42. The molecule has 0 saturated carbocycles. The van der Waals surface area contributed by atoms with Gasteiger partial charge in [0.2, 0.25) is 0 Å². The first-order valence-electron chi connectivity index (χ1n) is 5.75. The van der Waals surface area contributed by atoms with E-state index in [1.54, 1.807) is 0 Å². The summed E-state index contributed by atoms with van der Waals surface area (Å²) < 4.78 is 1.38. The number of quaternary nitrogens is 1. The summed E-state index contributed by atoms with van der Waals surface area (Å²) in [6.07, 6.45) is 2.96. The standard InChI is InChI=1S/C13H18N/c1-2-4-12(5-3-1)10-14-8-6-13(11-14)7-9-14/h1-5,13H,6-11H2/q+1. The van der Waals surface area contributed by atoms with E-state index in [1.807, 2.05) is 0 Å². The van der Waals surface area contributed by atoms with Crippen LogP contribution < -0.4 is 0 Å². The van der Waals surface area contributed by atoms with Crippen molar-refractivity contribution < 1.29 is 4.48 Å². The topological polar surface area (TPSA) is 0 Å². The predicted molar refractivity (Wildman–Crippen MR) is 57.7 cm³/mol. The van der Waals surface area contributed by atoms with Gasteiger partial charge in [-0.05, 0) is 0 Å². The molecule has 1 aromatic carbocycles. The molecular weight excluding hydrogens is 170 g/mol. The number of piperidine rings is 1. The van der Waals surface area contributed by atoms with Crippen molar-refractivity contribution in [3.63, 3.8) is 0 Å². The van der Waals surface area contributed by atoms with E-state index in [4.69, 9.17) is 0 Å². The lowest BCUT2D eigenvalue weighted by Gasteiger charge is -2.31. The van der Waals surface area contributed by atoms with Crippen LogP contribution in [0.4, 0.5) is 0 Å². The van der Waals surface area contributed by atoms with Gasteiger partial charge in [-0.2, -0.15) is 0 Å². The Morgan fingerprint density at radius 3 is 2.36 bits per heavy atom. The Morgan fingerprint density at radius 2 is 1.79 bits per heavy atom. The van der Waals surface area contributed by atoms with Gasteiger partial charge in [0.15, 0.2) is 0 Å². The Kier molecular flexibility index (Phi) is 1.88. The fourth-order valence-electron chi connectivity index (χ4n) is 3.28. The summed E-state index contributed by atoms with van der Waals surface area (Å²) in [7, 11) is 0. The number of fused-ring (bicyclic) bond motifs is 2. The third kappa shape index (κ3) is 1.36. The molecule has 0 amide bonds. The van der Waals surface area contributed by atoms with Gasteiger partial charge in [0.1, 0.15) is 6.54 Å². The molecule has 2 bridgehead atoms. The van der Waals surface area contributed by atoms with Crippen molar-refractivity contribution in [3.8, 4) is 0 Å². The first-order valence-corrected chi connectivity index (χ1v) is 5.75. The Bertz CT molecular complexity index is 309. The van der Waals surface area contributed by atoms with Crippen molar-refractivity contribution in [2.24, 2.45) is 5.92 Å². The van der Waals surface area contributed by atoms with Crippen LogP contribution >= 0.6 is 0 Å². The van der Waals surface area contributed by atoms with Crippen LogP contribution in [-0.4, -0.2) is 24.1 Å². The van der Waals surface area contributed by atoms with Crippen LogP contribution in [0.5, 0.6) is 0 Å². The molecule has 74 valence electrons. The Hall–Kier alpha value is -0.820. The summed E-state index contributed by atoms with van der Waals surface area (Å²) in [5, 5.41) is 0. The Labute approximate surface area is 85.9 Å². The van der Waals surface area contributed by atoms with Crippen LogP contribution in [0, 0.1) is 5.92 Å². The van der Waals surface area contributed by atoms with E-state index in [-0.39, 0.29) is 0 Å². The number of hydrogen-bond acceptors (Lipinski definition) is 0. The molecule has 0 spiro atoms. The molecule has 0 radical (unpaired) electrons. The minimum atomic E-state index is 1.05. The molecule has 0 atom stereocenters. The van der Waals surface area contributed by atoms with Crippen molar-refractivity contribution >= 4 is 0 Å². The third-order valence-corrected chi connectivity index (χ3v) is 4.03. The highest BCUT2D eigenvalue weighted by molar-refractivity contribution is 5.13. The molecule has 0 aromatic heterocycles. The average Bonchev–Trinajstić information content (AvgIpc) is 2.78. The summed E-state index contributed by atoms with van der Waals surface area (Å²) in [4.78, 5) is 0. The normalized spacial score (nSPS) is 35.0. The maximum absolute atomic E-state index is 2.28. The highest BCUT2D eigenvalue weighted by atomic mass is 15.4. The van der Waals surface area contributed by atoms with Gasteiger partial charge in [0, 0.05) is 24.3 Å². The summed E-state index contributed by atoms with van der Waals surface area (Å²) in [5.74, 6) is 1.05. The van der Waals surface area contributed by atoms with Gasteiger partial charge >= 0.3 is 0 Å². The van der Waals surface area contributed by atoms with E-state index >= 15 is 0 Å². The van der Waals surface area contributed by atoms with Gasteiger partial charge in [0.25, 0.3) is 0 Å². The van der Waals surface area contributed by atoms with Crippen molar-refractivity contribution in [2.75, 3.05) is 19.6 Å². The smallest absolute Gasteiger partial charge is 0.104 e. The molecule has 0 aliphatic carbocycles. The molecule has 0 unspecified atom stereocenters. The number of hydrogen-bond donors (Lipinski definition) is 0. The molecule has 1 heteroatoms. The highest BCUT2D eigenvalue weighted by Gasteiger charge is 2.44. The van der Waals surface area contributed by atoms with E-state index in [1.165, 1.54) is 49.1 Å². The Balaban J connectivity index is 1.78. The quantitative estimate of drug-likeness (QED) is 0.625. The van der Waals surface area contributed by atoms with Crippen LogP contribution in [-0.2, 0) is 6.54 Å². The van der Waals surface area contributed by atoms with Crippen LogP contribution in [0.1, 0.15) is 18.4 Å². The van der Waals surface area contributed by atoms with Crippen molar-refractivity contribution in [1.29, 1.82) is 0 Å². The van der Waals surface area contributed by atoms with E-state index in [9.17, 15) is 0 Å². The largest absolute Gasteiger partial charge is 0.320 e. The fourth-order valence-corrected chi connectivity index (χ4v) is 3.28. The first-order chi connectivity index (χ1) is 6.86. The zero-order valence-corrected chi connectivity index (χ0v) is 8.65. The van der Waals surface area contributed by atoms with Gasteiger partial charge < -0.3 is 4.48 Å². The van der Waals surface area contributed by atoms with E-state index in [0.717, 1.165) is 5.92 Å². The zero-order chi connectivity index (χ0) is 9.43. The number of rotatable bonds is 2. The predicted octanol–water partition coefficient (Wildman–Crippen LogP) is 2.43. The highest BCUT2D eigenvalue weighted by Crippen LogP contribution is 2.36. The zero-order valence-electron chi connectivity index (χ0n) is 8.65. The van der Waals surface area contributed by atoms with E-state index < -0.39 is 0 Å². The molecule has 0 N–H and O–H groups in total. The first kappa shape index (κ1) is 8.49. The third-order valence-electron chi connectivity index (χ3n) is 4.03. The van der Waals surface area contributed by atoms with Gasteiger partial charge in [-0.25, -0.2) is 0 Å². The molecule has 2 aliphatic heterocycles. The summed E-state index contributed by atoms with van der Waals surface area (Å²) in [6.45, 7) is 5.59. The van der Waals surface area contributed by atoms with Gasteiger partial charge in [-0.15, -0.1) is 0 Å². The van der Waals surface area contributed by atoms with Crippen molar-refractivity contribution in [3.05, 3.63) is 35.9 Å². The Morgan fingerprint density at radius 1 is 1.07 bits per heavy atom. The van der Waals surface area contributed by atoms with E-state index in [0.29, 0.717) is 0 Å². The summed E-state index contributed by atoms with van der Waals surface area (Å²) in [5.41, 5.74) is 1.52. The molecule has 1 aromatic rings. The maximum atomic E-state index is 2.28. The second-order valence-corrected chi connectivity index (χ2v) is 5.06. The van der Waals surface area contributed by atoms with Gasteiger partial charge in [-0.1, -0.05) is 30.3 Å². The summed E-state index contributed by atoms with van der Waals surface area (Å²) >= 11 is 0. The number of benzene rings is 1. The van der Waals surface area contributed by atoms with Crippen LogP contribution in [0.15, 0.2) is 30.3 Å². The molecule has 2 saturated heterocycles. The number of nitrogens with zero attached hydrogens (tertiary/aromatic N) is 1. The minimum absolute atomic E-state index is 1.05. The van der Waals surface area contributed by atoms with Crippen LogP contribution in [0.25, 0.3) is 0 Å². The monoisotopic (exact) mass is 188 g/mol. The molecule has 1 nitrogen and oxygen atoms in total. The van der Waals surface area contributed by atoms with Crippen molar-refractivity contribution in [1.82, 2.24) is 0 Å². The minimum Gasteiger partial charge on any atom is -0.320 e. The SMILES string of the molecule is c1ccc(C[N+]23CCC(CC2)C3)cc1. The van der Waals surface area contributed by atoms with Gasteiger partial charge in [-0.3, -0.25) is 0 Å². The maximum Gasteiger partial charge on any atom is 0.104 e. The lowest BCUT2D eigenvalue weighted by atomic mass is 10.1. The van der Waals surface area contributed by atoms with Gasteiger partial charge in [0.05, 0.1) is 19.6 Å². The molecule has 14 heavy (non-hydrogen) atoms. The van der Waals surface area contributed by atoms with E-state index in [2.05, 4.69) is 30.3 Å². The van der Waals surface area contributed by atoms with Crippen LogP contribution in [0.2, 0.25) is 0 Å². The second-order valence-electron chi connectivity index (χ2n) is 5.06. The molecule has 3 rings (SSSR count). The molecule has 2 aliphatic rings. The molecular formula is C13H18N+. The lowest BCUT2D eigenvalue weighted by molar-refractivity contribution is -0.922. The molecule has 2 heterocycles. The fraction of sp³-hybridized carbons (Fsp3) is 0.538. The summed E-state index contributed by atoms with van der Waals surface area (Å²) in [6, 6.07) is 11.0. The molecule has 2 fully saturated rings. The average molecular weight is 188 g/mol. The van der Waals surface area contributed by atoms with Crippen LogP contribution in [0.3, 0.4) is 0 Å².